The lowest BCUT2D eigenvalue weighted by atomic mass is 9.60. The van der Waals surface area contributed by atoms with Gasteiger partial charge in [-0.15, -0.1) is 21.5 Å². The zero-order valence-corrected chi connectivity index (χ0v) is 19.1. The molecule has 4 aromatic heterocycles. The zero-order valence-electron chi connectivity index (χ0n) is 18.3. The van der Waals surface area contributed by atoms with E-state index in [2.05, 4.69) is 32.4 Å². The summed E-state index contributed by atoms with van der Waals surface area (Å²) in [5.41, 5.74) is 1.81. The Labute approximate surface area is 193 Å². The van der Waals surface area contributed by atoms with Crippen LogP contribution >= 0.6 is 11.3 Å². The number of halogens is 1. The van der Waals surface area contributed by atoms with Crippen molar-refractivity contribution in [1.29, 1.82) is 0 Å². The number of fused-ring (bicyclic) bond motifs is 1. The van der Waals surface area contributed by atoms with E-state index in [1.807, 2.05) is 12.1 Å². The fourth-order valence-corrected chi connectivity index (χ4v) is 5.40. The second-order valence-electron chi connectivity index (χ2n) is 8.41. The van der Waals surface area contributed by atoms with Gasteiger partial charge >= 0.3 is 5.97 Å². The first kappa shape index (κ1) is 21.4. The highest BCUT2D eigenvalue weighted by atomic mass is 32.1. The first-order chi connectivity index (χ1) is 16.0. The number of carbonyl (C=O) groups is 1. The van der Waals surface area contributed by atoms with Gasteiger partial charge in [-0.25, -0.2) is 14.2 Å². The van der Waals surface area contributed by atoms with Gasteiger partial charge in [0.15, 0.2) is 4.96 Å². The van der Waals surface area contributed by atoms with Gasteiger partial charge in [0, 0.05) is 29.7 Å². The van der Waals surface area contributed by atoms with Crippen LogP contribution in [-0.4, -0.2) is 43.7 Å². The van der Waals surface area contributed by atoms with E-state index >= 15 is 0 Å². The number of esters is 1. The highest BCUT2D eigenvalue weighted by Gasteiger charge is 2.46. The third-order valence-corrected chi connectivity index (χ3v) is 6.81. The Hall–Kier alpha value is -3.40. The van der Waals surface area contributed by atoms with Gasteiger partial charge in [-0.05, 0) is 49.9 Å². The second kappa shape index (κ2) is 8.51. The van der Waals surface area contributed by atoms with E-state index in [0.717, 1.165) is 12.8 Å². The SMILES string of the molecule is CCOC(=O)c1csc2nc(-c3ccc(NCC4(c5ncccc5F)CC(C)C4)nn3)cn12. The molecule has 0 aliphatic heterocycles. The number of imidazole rings is 1. The van der Waals surface area contributed by atoms with Gasteiger partial charge in [0.05, 0.1) is 12.3 Å². The van der Waals surface area contributed by atoms with Crippen molar-refractivity contribution in [2.45, 2.75) is 32.1 Å². The lowest BCUT2D eigenvalue weighted by Gasteiger charge is -2.46. The van der Waals surface area contributed by atoms with Gasteiger partial charge in [0.1, 0.15) is 28.7 Å². The standard InChI is InChI=1S/C23H23FN6O2S/c1-3-32-21(31)18-12-33-22-27-17(11-30(18)22)16-6-7-19(29-28-16)26-13-23(9-14(2)10-23)20-15(24)5-4-8-25-20/h4-8,11-12,14H,3,9-10,13H2,1-2H3,(H,26,29). The van der Waals surface area contributed by atoms with E-state index in [9.17, 15) is 9.18 Å². The molecule has 8 nitrogen and oxygen atoms in total. The van der Waals surface area contributed by atoms with E-state index in [1.165, 1.54) is 17.4 Å². The van der Waals surface area contributed by atoms with Crippen LogP contribution in [0.5, 0.6) is 0 Å². The number of pyridine rings is 1. The number of hydrogen-bond acceptors (Lipinski definition) is 8. The van der Waals surface area contributed by atoms with E-state index in [4.69, 9.17) is 4.74 Å². The summed E-state index contributed by atoms with van der Waals surface area (Å²) in [5, 5.41) is 13.6. The largest absolute Gasteiger partial charge is 0.461 e. The maximum Gasteiger partial charge on any atom is 0.356 e. The molecule has 0 atom stereocenters. The minimum absolute atomic E-state index is 0.269. The molecule has 4 heterocycles. The van der Waals surface area contributed by atoms with Crippen molar-refractivity contribution >= 4 is 28.1 Å². The molecule has 10 heteroatoms. The van der Waals surface area contributed by atoms with Crippen molar-refractivity contribution in [3.63, 3.8) is 0 Å². The molecule has 1 N–H and O–H groups in total. The van der Waals surface area contributed by atoms with Crippen molar-refractivity contribution in [2.75, 3.05) is 18.5 Å². The molecule has 1 fully saturated rings. The number of thiazole rings is 1. The monoisotopic (exact) mass is 466 g/mol. The molecule has 0 radical (unpaired) electrons. The number of hydrogen-bond donors (Lipinski definition) is 1. The predicted molar refractivity (Wildman–Crippen MR) is 123 cm³/mol. The number of nitrogens with zero attached hydrogens (tertiary/aromatic N) is 5. The van der Waals surface area contributed by atoms with Crippen LogP contribution in [0.3, 0.4) is 0 Å². The molecule has 1 aliphatic rings. The molecule has 0 amide bonds. The van der Waals surface area contributed by atoms with Crippen LogP contribution < -0.4 is 5.32 Å². The van der Waals surface area contributed by atoms with Gasteiger partial charge in [-0.2, -0.15) is 0 Å². The van der Waals surface area contributed by atoms with Crippen molar-refractivity contribution in [3.05, 3.63) is 59.2 Å². The molecule has 0 spiro atoms. The van der Waals surface area contributed by atoms with Gasteiger partial charge in [0.25, 0.3) is 0 Å². The van der Waals surface area contributed by atoms with Crippen LogP contribution in [0.2, 0.25) is 0 Å². The highest BCUT2D eigenvalue weighted by Crippen LogP contribution is 2.47. The molecule has 170 valence electrons. The molecule has 5 rings (SSSR count). The summed E-state index contributed by atoms with van der Waals surface area (Å²) in [5.74, 6) is 0.467. The quantitative estimate of drug-likeness (QED) is 0.405. The summed E-state index contributed by atoms with van der Waals surface area (Å²) in [7, 11) is 0. The number of aromatic nitrogens is 5. The highest BCUT2D eigenvalue weighted by molar-refractivity contribution is 7.15. The number of rotatable bonds is 7. The Morgan fingerprint density at radius 3 is 2.85 bits per heavy atom. The third kappa shape index (κ3) is 3.95. The van der Waals surface area contributed by atoms with Gasteiger partial charge in [-0.1, -0.05) is 6.92 Å². The Kier molecular flexibility index (Phi) is 5.53. The fraction of sp³-hybridized carbons (Fsp3) is 0.348. The zero-order chi connectivity index (χ0) is 23.0. The van der Waals surface area contributed by atoms with Crippen molar-refractivity contribution in [1.82, 2.24) is 24.6 Å². The molecule has 0 unspecified atom stereocenters. The predicted octanol–water partition coefficient (Wildman–Crippen LogP) is 4.34. The first-order valence-electron chi connectivity index (χ1n) is 10.8. The Balaban J connectivity index is 1.32. The van der Waals surface area contributed by atoms with Crippen LogP contribution in [0.1, 0.15) is 42.9 Å². The maximum atomic E-state index is 14.4. The van der Waals surface area contributed by atoms with Crippen LogP contribution in [-0.2, 0) is 10.2 Å². The number of anilines is 1. The second-order valence-corrected chi connectivity index (χ2v) is 9.24. The molecule has 0 aromatic carbocycles. The summed E-state index contributed by atoms with van der Waals surface area (Å²) < 4.78 is 21.2. The summed E-state index contributed by atoms with van der Waals surface area (Å²) in [6, 6.07) is 6.72. The van der Waals surface area contributed by atoms with Crippen LogP contribution in [0.15, 0.2) is 42.0 Å². The molecule has 1 aliphatic carbocycles. The Morgan fingerprint density at radius 1 is 1.30 bits per heavy atom. The van der Waals surface area contributed by atoms with Gasteiger partial charge < -0.3 is 10.1 Å². The fourth-order valence-electron chi connectivity index (χ4n) is 4.55. The van der Waals surface area contributed by atoms with E-state index in [1.54, 1.807) is 35.2 Å². The molecular formula is C23H23FN6O2S. The Bertz CT molecular complexity index is 1300. The van der Waals surface area contributed by atoms with E-state index < -0.39 is 0 Å². The average Bonchev–Trinajstić information content (AvgIpc) is 3.38. The first-order valence-corrected chi connectivity index (χ1v) is 11.7. The Morgan fingerprint density at radius 2 is 2.15 bits per heavy atom. The van der Waals surface area contributed by atoms with Crippen molar-refractivity contribution < 1.29 is 13.9 Å². The topological polar surface area (TPSA) is 94.3 Å². The lowest BCUT2D eigenvalue weighted by Crippen LogP contribution is -2.47. The molecule has 33 heavy (non-hydrogen) atoms. The summed E-state index contributed by atoms with van der Waals surface area (Å²) in [6.07, 6.45) is 5.13. The van der Waals surface area contributed by atoms with Crippen LogP contribution in [0, 0.1) is 11.7 Å². The smallest absolute Gasteiger partial charge is 0.356 e. The molecule has 1 saturated carbocycles. The van der Waals surface area contributed by atoms with Crippen LogP contribution in [0.25, 0.3) is 16.3 Å². The lowest BCUT2D eigenvalue weighted by molar-refractivity contribution is 0.0518. The van der Waals surface area contributed by atoms with E-state index in [-0.39, 0.29) is 17.2 Å². The molecular weight excluding hydrogens is 443 g/mol. The van der Waals surface area contributed by atoms with Crippen LogP contribution in [0.4, 0.5) is 10.2 Å². The molecule has 0 bridgehead atoms. The van der Waals surface area contributed by atoms with E-state index in [0.29, 0.717) is 52.6 Å². The average molecular weight is 467 g/mol. The maximum absolute atomic E-state index is 14.4. The van der Waals surface area contributed by atoms with Gasteiger partial charge in [0.2, 0.25) is 0 Å². The minimum Gasteiger partial charge on any atom is -0.461 e. The minimum atomic E-state index is -0.387. The number of carbonyl (C=O) groups excluding carboxylic acids is 1. The molecule has 4 aromatic rings. The summed E-state index contributed by atoms with van der Waals surface area (Å²) in [4.78, 5) is 21.7. The third-order valence-electron chi connectivity index (χ3n) is 5.97. The molecule has 0 saturated heterocycles. The van der Waals surface area contributed by atoms with Crippen molar-refractivity contribution in [3.8, 4) is 11.4 Å². The number of nitrogens with one attached hydrogen (secondary N) is 1. The normalized spacial score (nSPS) is 19.9. The summed E-state index contributed by atoms with van der Waals surface area (Å²) in [6.45, 7) is 4.77. The van der Waals surface area contributed by atoms with Gasteiger partial charge in [-0.3, -0.25) is 9.38 Å². The summed E-state index contributed by atoms with van der Waals surface area (Å²) >= 11 is 1.36. The number of ether oxygens (including phenoxy) is 1. The van der Waals surface area contributed by atoms with Crippen molar-refractivity contribution in [2.24, 2.45) is 5.92 Å².